The second-order valence-electron chi connectivity index (χ2n) is 18.4. The first-order valence-corrected chi connectivity index (χ1v) is 26.5. The minimum absolute atomic E-state index is 0.148. The highest BCUT2D eigenvalue weighted by Gasteiger charge is 2.26. The molecule has 1 amide bonds. The Labute approximate surface area is 363 Å². The van der Waals surface area contributed by atoms with Crippen molar-refractivity contribution in [3.8, 4) is 0 Å². The number of unbranched alkanes of at least 4 members (excludes halogenated alkanes) is 39. The van der Waals surface area contributed by atoms with Crippen molar-refractivity contribution in [1.29, 1.82) is 0 Å². The van der Waals surface area contributed by atoms with Gasteiger partial charge < -0.3 is 20.6 Å². The zero-order valence-corrected chi connectivity index (χ0v) is 39.5. The van der Waals surface area contributed by atoms with Crippen LogP contribution in [0.2, 0.25) is 0 Å². The number of aliphatic hydroxyl groups is 3. The first kappa shape index (κ1) is 57.1. The van der Waals surface area contributed by atoms with E-state index in [0.717, 1.165) is 38.5 Å². The maximum atomic E-state index is 12.5. The van der Waals surface area contributed by atoms with Crippen LogP contribution >= 0.6 is 0 Å². The summed E-state index contributed by atoms with van der Waals surface area (Å²) >= 11 is 0. The van der Waals surface area contributed by atoms with Crippen molar-refractivity contribution in [3.63, 3.8) is 0 Å². The lowest BCUT2D eigenvalue weighted by Crippen LogP contribution is -2.50. The van der Waals surface area contributed by atoms with Crippen molar-refractivity contribution in [2.45, 2.75) is 315 Å². The molecule has 0 fully saturated rings. The quantitative estimate of drug-likeness (QED) is 0.0364. The van der Waals surface area contributed by atoms with Gasteiger partial charge in [-0.3, -0.25) is 4.79 Å². The lowest BCUT2D eigenvalue weighted by Gasteiger charge is -2.26. The molecule has 0 saturated carbocycles. The Bertz CT molecular complexity index is 818. The van der Waals surface area contributed by atoms with Gasteiger partial charge >= 0.3 is 0 Å². The fraction of sp³-hybridized carbons (Fsp3) is 0.943. The largest absolute Gasteiger partial charge is 0.394 e. The van der Waals surface area contributed by atoms with Crippen LogP contribution in [0.5, 0.6) is 0 Å². The Morgan fingerprint density at radius 3 is 1.00 bits per heavy atom. The molecule has 0 aromatic carbocycles. The fourth-order valence-corrected chi connectivity index (χ4v) is 8.52. The summed E-state index contributed by atoms with van der Waals surface area (Å²) in [5, 5.41) is 33.6. The van der Waals surface area contributed by atoms with E-state index in [1.54, 1.807) is 0 Å². The van der Waals surface area contributed by atoms with Gasteiger partial charge in [0.05, 0.1) is 18.8 Å². The number of aliphatic hydroxyl groups excluding tert-OH is 3. The second-order valence-corrected chi connectivity index (χ2v) is 18.4. The summed E-state index contributed by atoms with van der Waals surface area (Å²) < 4.78 is 0. The maximum Gasteiger partial charge on any atom is 0.220 e. The normalized spacial score (nSPS) is 13.4. The van der Waals surface area contributed by atoms with Crippen LogP contribution < -0.4 is 5.32 Å². The van der Waals surface area contributed by atoms with E-state index in [0.29, 0.717) is 12.8 Å². The molecule has 4 N–H and O–H groups in total. The van der Waals surface area contributed by atoms with E-state index in [-0.39, 0.29) is 12.5 Å². The van der Waals surface area contributed by atoms with Crippen LogP contribution in [-0.2, 0) is 4.79 Å². The van der Waals surface area contributed by atoms with Crippen molar-refractivity contribution in [2.24, 2.45) is 0 Å². The fourth-order valence-electron chi connectivity index (χ4n) is 8.52. The summed E-state index contributed by atoms with van der Waals surface area (Å²) in [5.41, 5.74) is 0. The van der Waals surface area contributed by atoms with Gasteiger partial charge in [-0.1, -0.05) is 264 Å². The van der Waals surface area contributed by atoms with Gasteiger partial charge in [0.1, 0.15) is 6.10 Å². The number of hydrogen-bond acceptors (Lipinski definition) is 4. The summed E-state index contributed by atoms with van der Waals surface area (Å²) in [6.45, 7) is 4.19. The first-order valence-electron chi connectivity index (χ1n) is 26.5. The van der Waals surface area contributed by atoms with Crippen LogP contribution in [0.1, 0.15) is 296 Å². The standard InChI is InChI=1S/C53H105NO4/c1-3-5-7-9-11-13-15-17-19-20-21-22-23-24-25-26-27-28-29-30-31-32-33-34-36-38-40-42-44-46-48-52(57)54-50(49-55)53(58)51(56)47-45-43-41-39-37-35-18-16-14-12-10-8-6-4-2/h39,41,50-51,53,55-56,58H,3-38,40,42-49H2,1-2H3,(H,54,57)/b41-39+. The van der Waals surface area contributed by atoms with E-state index in [9.17, 15) is 20.1 Å². The number of rotatable bonds is 49. The Morgan fingerprint density at radius 2 is 0.690 bits per heavy atom. The van der Waals surface area contributed by atoms with Gasteiger partial charge in [0.25, 0.3) is 0 Å². The second kappa shape index (κ2) is 48.8. The SMILES string of the molecule is CCCCCCCCCCC/C=C/CCCC(O)C(O)C(CO)NC(=O)CCCCCCCCCCCCCCCCCCCCCCCCCCCCCCCC. The molecule has 0 aromatic heterocycles. The lowest BCUT2D eigenvalue weighted by molar-refractivity contribution is -0.124. The third-order valence-electron chi connectivity index (χ3n) is 12.6. The summed E-state index contributed by atoms with van der Waals surface area (Å²) in [6.07, 6.45) is 59.4. The van der Waals surface area contributed by atoms with E-state index in [1.165, 1.54) is 231 Å². The zero-order chi connectivity index (χ0) is 42.3. The lowest BCUT2D eigenvalue weighted by atomic mass is 10.0. The molecule has 0 rings (SSSR count). The Balaban J connectivity index is 3.48. The van der Waals surface area contributed by atoms with Gasteiger partial charge in [-0.2, -0.15) is 0 Å². The number of nitrogens with one attached hydrogen (secondary N) is 1. The average molecular weight is 820 g/mol. The molecular formula is C53H105NO4. The predicted octanol–water partition coefficient (Wildman–Crippen LogP) is 15.9. The van der Waals surface area contributed by atoms with Gasteiger partial charge in [-0.05, 0) is 38.5 Å². The molecule has 5 heteroatoms. The molecule has 0 aliphatic heterocycles. The summed E-state index contributed by atoms with van der Waals surface area (Å²) in [6, 6.07) is -0.821. The average Bonchev–Trinajstić information content (AvgIpc) is 3.23. The van der Waals surface area contributed by atoms with Gasteiger partial charge in [0.2, 0.25) is 5.91 Å². The van der Waals surface area contributed by atoms with Crippen molar-refractivity contribution < 1.29 is 20.1 Å². The molecule has 346 valence electrons. The van der Waals surface area contributed by atoms with Crippen LogP contribution in [-0.4, -0.2) is 46.1 Å². The first-order chi connectivity index (χ1) is 28.6. The minimum atomic E-state index is -1.15. The van der Waals surface area contributed by atoms with E-state index < -0.39 is 18.2 Å². The van der Waals surface area contributed by atoms with Crippen molar-refractivity contribution in [1.82, 2.24) is 5.32 Å². The minimum Gasteiger partial charge on any atom is -0.394 e. The van der Waals surface area contributed by atoms with Gasteiger partial charge in [0, 0.05) is 6.42 Å². The molecule has 0 bridgehead atoms. The molecule has 0 spiro atoms. The van der Waals surface area contributed by atoms with Crippen LogP contribution in [0.15, 0.2) is 12.2 Å². The van der Waals surface area contributed by atoms with E-state index >= 15 is 0 Å². The smallest absolute Gasteiger partial charge is 0.220 e. The summed E-state index contributed by atoms with van der Waals surface area (Å²) in [5.74, 6) is -0.148. The molecule has 3 atom stereocenters. The molecule has 5 nitrogen and oxygen atoms in total. The molecular weight excluding hydrogens is 715 g/mol. The Hall–Kier alpha value is -0.910. The van der Waals surface area contributed by atoms with E-state index in [4.69, 9.17) is 0 Å². The Kier molecular flexibility index (Phi) is 48.0. The van der Waals surface area contributed by atoms with Gasteiger partial charge in [0.15, 0.2) is 0 Å². The summed E-state index contributed by atoms with van der Waals surface area (Å²) in [4.78, 5) is 12.5. The molecule has 0 aromatic rings. The van der Waals surface area contributed by atoms with E-state index in [2.05, 4.69) is 31.3 Å². The summed E-state index contributed by atoms with van der Waals surface area (Å²) in [7, 11) is 0. The highest BCUT2D eigenvalue weighted by atomic mass is 16.3. The number of allylic oxidation sites excluding steroid dienone is 2. The molecule has 0 aliphatic rings. The Morgan fingerprint density at radius 1 is 0.414 bits per heavy atom. The number of carbonyl (C=O) groups excluding carboxylic acids is 1. The van der Waals surface area contributed by atoms with E-state index in [1.807, 2.05) is 0 Å². The molecule has 0 aliphatic carbocycles. The third kappa shape index (κ3) is 43.2. The van der Waals surface area contributed by atoms with Gasteiger partial charge in [-0.15, -0.1) is 0 Å². The van der Waals surface area contributed by atoms with Crippen molar-refractivity contribution in [3.05, 3.63) is 12.2 Å². The molecule has 0 saturated heterocycles. The molecule has 0 heterocycles. The number of amides is 1. The van der Waals surface area contributed by atoms with Crippen LogP contribution in [0.3, 0.4) is 0 Å². The van der Waals surface area contributed by atoms with Crippen LogP contribution in [0, 0.1) is 0 Å². The number of carbonyl (C=O) groups is 1. The molecule has 3 unspecified atom stereocenters. The van der Waals surface area contributed by atoms with Crippen molar-refractivity contribution in [2.75, 3.05) is 6.61 Å². The molecule has 58 heavy (non-hydrogen) atoms. The number of hydrogen-bond donors (Lipinski definition) is 4. The topological polar surface area (TPSA) is 89.8 Å². The highest BCUT2D eigenvalue weighted by molar-refractivity contribution is 5.76. The molecule has 0 radical (unpaired) electrons. The third-order valence-corrected chi connectivity index (χ3v) is 12.6. The zero-order valence-electron chi connectivity index (χ0n) is 39.5. The highest BCUT2D eigenvalue weighted by Crippen LogP contribution is 2.18. The van der Waals surface area contributed by atoms with Gasteiger partial charge in [-0.25, -0.2) is 0 Å². The van der Waals surface area contributed by atoms with Crippen LogP contribution in [0.25, 0.3) is 0 Å². The monoisotopic (exact) mass is 820 g/mol. The van der Waals surface area contributed by atoms with Crippen molar-refractivity contribution >= 4 is 5.91 Å². The predicted molar refractivity (Wildman–Crippen MR) is 255 cm³/mol. The maximum absolute atomic E-state index is 12.5. The van der Waals surface area contributed by atoms with Crippen LogP contribution in [0.4, 0.5) is 0 Å².